The highest BCUT2D eigenvalue weighted by Crippen LogP contribution is 2.51. The second-order valence-electron chi connectivity index (χ2n) is 7.51. The molecule has 1 radical (unpaired) electrons. The van der Waals surface area contributed by atoms with E-state index in [4.69, 9.17) is 9.72 Å². The van der Waals surface area contributed by atoms with Crippen molar-refractivity contribution in [3.8, 4) is 17.0 Å². The Bertz CT molecular complexity index is 1020. The van der Waals surface area contributed by atoms with Gasteiger partial charge in [0, 0.05) is 11.5 Å². The molecule has 1 aromatic heterocycles. The normalized spacial score (nSPS) is 23.2. The maximum Gasteiger partial charge on any atom is 0.265 e. The zero-order valence-electron chi connectivity index (χ0n) is 15.7. The number of hydrogen-bond donors (Lipinski definition) is 1. The van der Waals surface area contributed by atoms with Crippen molar-refractivity contribution in [3.05, 3.63) is 78.0 Å². The largest absolute Gasteiger partial charge is 0.463 e. The number of aromatic nitrogens is 1. The Hall–Kier alpha value is -3.14. The van der Waals surface area contributed by atoms with Gasteiger partial charge >= 0.3 is 0 Å². The molecule has 2 aromatic carbocycles. The number of anilines is 1. The van der Waals surface area contributed by atoms with Crippen molar-refractivity contribution in [1.29, 1.82) is 0 Å². The molecule has 5 rings (SSSR count). The molecule has 0 spiro atoms. The fraction of sp³-hybridized carbons (Fsp3) is 0.250. The van der Waals surface area contributed by atoms with E-state index in [0.717, 1.165) is 29.7 Å². The van der Waals surface area contributed by atoms with Gasteiger partial charge in [0.2, 0.25) is 5.88 Å². The van der Waals surface area contributed by atoms with Crippen molar-refractivity contribution in [1.82, 2.24) is 4.98 Å². The van der Waals surface area contributed by atoms with Crippen LogP contribution in [0.5, 0.6) is 5.88 Å². The average molecular weight is 369 g/mol. The van der Waals surface area contributed by atoms with Crippen molar-refractivity contribution >= 4 is 11.6 Å². The van der Waals surface area contributed by atoms with Gasteiger partial charge in [0.05, 0.1) is 5.69 Å². The van der Waals surface area contributed by atoms with Gasteiger partial charge in [-0.15, -0.1) is 0 Å². The molecule has 139 valence electrons. The summed E-state index contributed by atoms with van der Waals surface area (Å²) in [5.74, 6) is 1.16. The summed E-state index contributed by atoms with van der Waals surface area (Å²) >= 11 is 0. The van der Waals surface area contributed by atoms with E-state index in [1.54, 1.807) is 6.92 Å². The number of carbonyl (C=O) groups is 1. The van der Waals surface area contributed by atoms with Crippen LogP contribution in [0.3, 0.4) is 0 Å². The van der Waals surface area contributed by atoms with Crippen molar-refractivity contribution in [2.24, 2.45) is 0 Å². The Morgan fingerprint density at radius 1 is 1.07 bits per heavy atom. The Kier molecular flexibility index (Phi) is 4.12. The van der Waals surface area contributed by atoms with E-state index in [1.165, 1.54) is 5.56 Å². The van der Waals surface area contributed by atoms with Crippen LogP contribution in [0.25, 0.3) is 11.1 Å². The first-order valence-corrected chi connectivity index (χ1v) is 9.74. The molecule has 3 unspecified atom stereocenters. The van der Waals surface area contributed by atoms with Gasteiger partial charge in [0.25, 0.3) is 5.91 Å². The molecule has 3 atom stereocenters. The number of benzene rings is 2. The van der Waals surface area contributed by atoms with Crippen LogP contribution in [0.15, 0.2) is 60.7 Å². The van der Waals surface area contributed by atoms with Crippen LogP contribution in [0, 0.1) is 6.07 Å². The van der Waals surface area contributed by atoms with Crippen LogP contribution < -0.4 is 10.1 Å². The highest BCUT2D eigenvalue weighted by atomic mass is 16.5. The first-order valence-electron chi connectivity index (χ1n) is 9.74. The lowest BCUT2D eigenvalue weighted by atomic mass is 9.67. The second kappa shape index (κ2) is 6.79. The third-order valence-electron chi connectivity index (χ3n) is 5.82. The predicted octanol–water partition coefficient (Wildman–Crippen LogP) is 4.93. The van der Waals surface area contributed by atoms with E-state index in [2.05, 4.69) is 35.6 Å². The summed E-state index contributed by atoms with van der Waals surface area (Å²) < 4.78 is 5.81. The van der Waals surface area contributed by atoms with Crippen LogP contribution in [-0.4, -0.2) is 17.0 Å². The fourth-order valence-corrected chi connectivity index (χ4v) is 4.15. The summed E-state index contributed by atoms with van der Waals surface area (Å²) in [5, 5.41) is 2.93. The third-order valence-corrected chi connectivity index (χ3v) is 5.82. The van der Waals surface area contributed by atoms with E-state index < -0.39 is 6.10 Å². The monoisotopic (exact) mass is 369 g/mol. The van der Waals surface area contributed by atoms with E-state index in [0.29, 0.717) is 23.4 Å². The lowest BCUT2D eigenvalue weighted by molar-refractivity contribution is -0.122. The molecule has 1 aliphatic carbocycles. The molecule has 1 saturated carbocycles. The maximum absolute atomic E-state index is 12.1. The molecule has 0 bridgehead atoms. The Balaban J connectivity index is 1.62. The SMILES string of the molecule is CC1Oc2nc(C3CCC3c3cc[c]cc3)c(-c3ccccc3)cc2NC1=O. The van der Waals surface area contributed by atoms with Crippen molar-refractivity contribution < 1.29 is 9.53 Å². The molecule has 1 fully saturated rings. The maximum atomic E-state index is 12.1. The molecule has 1 N–H and O–H groups in total. The van der Waals surface area contributed by atoms with Gasteiger partial charge in [-0.3, -0.25) is 4.79 Å². The lowest BCUT2D eigenvalue weighted by Crippen LogP contribution is -2.35. The molecule has 4 heteroatoms. The van der Waals surface area contributed by atoms with E-state index in [9.17, 15) is 4.79 Å². The van der Waals surface area contributed by atoms with Crippen LogP contribution in [-0.2, 0) is 4.79 Å². The van der Waals surface area contributed by atoms with Crippen LogP contribution in [0.4, 0.5) is 5.69 Å². The van der Waals surface area contributed by atoms with Gasteiger partial charge in [0.15, 0.2) is 6.10 Å². The Morgan fingerprint density at radius 3 is 2.54 bits per heavy atom. The number of ether oxygens (including phenoxy) is 1. The van der Waals surface area contributed by atoms with E-state index in [-0.39, 0.29) is 5.91 Å². The van der Waals surface area contributed by atoms with Crippen molar-refractivity contribution in [2.75, 3.05) is 5.32 Å². The predicted molar refractivity (Wildman–Crippen MR) is 108 cm³/mol. The minimum Gasteiger partial charge on any atom is -0.463 e. The van der Waals surface area contributed by atoms with Crippen molar-refractivity contribution in [3.63, 3.8) is 0 Å². The van der Waals surface area contributed by atoms with E-state index in [1.807, 2.05) is 36.4 Å². The zero-order chi connectivity index (χ0) is 19.1. The van der Waals surface area contributed by atoms with Crippen LogP contribution in [0.2, 0.25) is 0 Å². The lowest BCUT2D eigenvalue weighted by Gasteiger charge is -2.38. The summed E-state index contributed by atoms with van der Waals surface area (Å²) in [6.07, 6.45) is 1.71. The first kappa shape index (κ1) is 17.0. The highest BCUT2D eigenvalue weighted by molar-refractivity contribution is 5.97. The van der Waals surface area contributed by atoms with Crippen LogP contribution in [0.1, 0.15) is 42.9 Å². The minimum absolute atomic E-state index is 0.136. The number of nitrogens with one attached hydrogen (secondary N) is 1. The standard InChI is InChI=1S/C24H21N2O2/c1-15-23(27)25-21-14-20(17-10-6-3-7-11-17)22(26-24(21)28-15)19-13-12-18(19)16-8-4-2-5-9-16/h3-11,14-15,18-19H,12-13H2,1H3,(H,25,27). The highest BCUT2D eigenvalue weighted by Gasteiger charge is 2.37. The number of nitrogens with zero attached hydrogens (tertiary/aromatic N) is 1. The zero-order valence-corrected chi connectivity index (χ0v) is 15.7. The third kappa shape index (κ3) is 2.85. The number of amides is 1. The second-order valence-corrected chi connectivity index (χ2v) is 7.51. The van der Waals surface area contributed by atoms with Crippen LogP contribution >= 0.6 is 0 Å². The molecular formula is C24H21N2O2. The fourth-order valence-electron chi connectivity index (χ4n) is 4.15. The number of carbonyl (C=O) groups excluding carboxylic acids is 1. The summed E-state index contributed by atoms with van der Waals surface area (Å²) in [7, 11) is 0. The van der Waals surface area contributed by atoms with Gasteiger partial charge in [-0.25, -0.2) is 4.98 Å². The smallest absolute Gasteiger partial charge is 0.265 e. The molecule has 0 saturated heterocycles. The molecular weight excluding hydrogens is 348 g/mol. The van der Waals surface area contributed by atoms with Gasteiger partial charge in [-0.05, 0) is 48.9 Å². The number of hydrogen-bond acceptors (Lipinski definition) is 3. The topological polar surface area (TPSA) is 51.2 Å². The number of pyridine rings is 1. The summed E-state index contributed by atoms with van der Waals surface area (Å²) in [5.41, 5.74) is 5.20. The first-order chi connectivity index (χ1) is 13.7. The summed E-state index contributed by atoms with van der Waals surface area (Å²) in [4.78, 5) is 17.0. The molecule has 4 nitrogen and oxygen atoms in total. The summed E-state index contributed by atoms with van der Waals surface area (Å²) in [6, 6.07) is 23.6. The number of fused-ring (bicyclic) bond motifs is 1. The molecule has 2 heterocycles. The Labute approximate surface area is 164 Å². The van der Waals surface area contributed by atoms with Gasteiger partial charge in [0.1, 0.15) is 5.69 Å². The quantitative estimate of drug-likeness (QED) is 0.712. The van der Waals surface area contributed by atoms with Gasteiger partial charge in [-0.1, -0.05) is 54.6 Å². The van der Waals surface area contributed by atoms with Gasteiger partial charge < -0.3 is 10.1 Å². The van der Waals surface area contributed by atoms with Gasteiger partial charge in [-0.2, -0.15) is 0 Å². The summed E-state index contributed by atoms with van der Waals surface area (Å²) in [6.45, 7) is 1.75. The molecule has 2 aliphatic rings. The van der Waals surface area contributed by atoms with Crippen molar-refractivity contribution in [2.45, 2.75) is 37.7 Å². The minimum atomic E-state index is -0.530. The number of rotatable bonds is 3. The molecule has 3 aromatic rings. The Morgan fingerprint density at radius 2 is 1.82 bits per heavy atom. The molecule has 28 heavy (non-hydrogen) atoms. The molecule has 1 amide bonds. The van der Waals surface area contributed by atoms with E-state index >= 15 is 0 Å². The molecule has 1 aliphatic heterocycles. The average Bonchev–Trinajstić information content (AvgIpc) is 2.69.